The van der Waals surface area contributed by atoms with Crippen LogP contribution in [0.3, 0.4) is 0 Å². The van der Waals surface area contributed by atoms with E-state index in [0.717, 1.165) is 13.8 Å². The van der Waals surface area contributed by atoms with E-state index in [0.29, 0.717) is 0 Å². The van der Waals surface area contributed by atoms with Crippen molar-refractivity contribution in [2.24, 2.45) is 0 Å². The minimum atomic E-state index is -1.22. The molecule has 0 aromatic heterocycles. The van der Waals surface area contributed by atoms with Gasteiger partial charge in [0.25, 0.3) is 0 Å². The third-order valence-electron chi connectivity index (χ3n) is 3.77. The highest BCUT2D eigenvalue weighted by molar-refractivity contribution is 5.68. The molecule has 28 heavy (non-hydrogen) atoms. The molecule has 1 rings (SSSR count). The van der Waals surface area contributed by atoms with E-state index in [-0.39, 0.29) is 6.61 Å². The average molecular weight is 406 g/mol. The number of hydrogen-bond acceptors (Lipinski definition) is 11. The van der Waals surface area contributed by atoms with Crippen LogP contribution in [-0.4, -0.2) is 81.5 Å². The molecule has 0 amide bonds. The van der Waals surface area contributed by atoms with E-state index in [1.165, 1.54) is 28.1 Å². The molecule has 1 saturated heterocycles. The average Bonchev–Trinajstić information content (AvgIpc) is 2.58. The molecule has 160 valence electrons. The Morgan fingerprint density at radius 2 is 1.36 bits per heavy atom. The van der Waals surface area contributed by atoms with Gasteiger partial charge >= 0.3 is 23.9 Å². The lowest BCUT2D eigenvalue weighted by Gasteiger charge is -2.45. The smallest absolute Gasteiger partial charge is 0.303 e. The van der Waals surface area contributed by atoms with E-state index in [1.807, 2.05) is 0 Å². The molecule has 6 atom stereocenters. The molecular formula is C17H26O11. The molecule has 0 spiro atoms. The van der Waals surface area contributed by atoms with Gasteiger partial charge in [0.05, 0.1) is 0 Å². The second kappa shape index (κ2) is 10.9. The van der Waals surface area contributed by atoms with Gasteiger partial charge in [-0.1, -0.05) is 0 Å². The van der Waals surface area contributed by atoms with Gasteiger partial charge in [-0.05, 0) is 0 Å². The Morgan fingerprint density at radius 3 is 1.79 bits per heavy atom. The van der Waals surface area contributed by atoms with Crippen molar-refractivity contribution in [1.29, 1.82) is 0 Å². The van der Waals surface area contributed by atoms with Crippen LogP contribution in [0.4, 0.5) is 0 Å². The standard InChI is InChI=1S/C17H26O11/c1-8(18)24-7-12(25-9(2)19)13-14(26-10(3)20)15(27-11(4)21)16(22-5)17(23-6)28-13/h12-17H,7H2,1-6H3. The van der Waals surface area contributed by atoms with Crippen LogP contribution in [0.5, 0.6) is 0 Å². The maximum absolute atomic E-state index is 11.7. The summed E-state index contributed by atoms with van der Waals surface area (Å²) in [7, 11) is 2.67. The van der Waals surface area contributed by atoms with Crippen molar-refractivity contribution in [3.05, 3.63) is 0 Å². The molecule has 1 aliphatic rings. The normalized spacial score (nSPS) is 28.0. The van der Waals surface area contributed by atoms with E-state index in [4.69, 9.17) is 33.2 Å². The summed E-state index contributed by atoms with van der Waals surface area (Å²) < 4.78 is 37.1. The summed E-state index contributed by atoms with van der Waals surface area (Å²) in [5, 5.41) is 0. The molecule has 0 N–H and O–H groups in total. The van der Waals surface area contributed by atoms with Crippen molar-refractivity contribution in [1.82, 2.24) is 0 Å². The monoisotopic (exact) mass is 406 g/mol. The summed E-state index contributed by atoms with van der Waals surface area (Å²) in [5.41, 5.74) is 0. The highest BCUT2D eigenvalue weighted by Crippen LogP contribution is 2.31. The van der Waals surface area contributed by atoms with Crippen LogP contribution in [0.15, 0.2) is 0 Å². The van der Waals surface area contributed by atoms with Gasteiger partial charge in [-0.15, -0.1) is 0 Å². The number of carbonyl (C=O) groups excluding carboxylic acids is 4. The Kier molecular flexibility index (Phi) is 9.29. The van der Waals surface area contributed by atoms with E-state index < -0.39 is 60.7 Å². The molecule has 1 heterocycles. The maximum Gasteiger partial charge on any atom is 0.303 e. The molecule has 11 heteroatoms. The minimum Gasteiger partial charge on any atom is -0.462 e. The Balaban J connectivity index is 3.32. The number of methoxy groups -OCH3 is 2. The topological polar surface area (TPSA) is 133 Å². The number of esters is 4. The quantitative estimate of drug-likeness (QED) is 0.389. The summed E-state index contributed by atoms with van der Waals surface area (Å²) in [6.07, 6.45) is -6.70. The van der Waals surface area contributed by atoms with Crippen molar-refractivity contribution in [2.45, 2.75) is 64.5 Å². The molecule has 11 nitrogen and oxygen atoms in total. The van der Waals surface area contributed by atoms with Crippen LogP contribution in [-0.2, 0) is 52.3 Å². The van der Waals surface area contributed by atoms with Gasteiger partial charge in [0.1, 0.15) is 18.8 Å². The van der Waals surface area contributed by atoms with Gasteiger partial charge in [-0.25, -0.2) is 0 Å². The van der Waals surface area contributed by atoms with Crippen LogP contribution in [0.1, 0.15) is 27.7 Å². The van der Waals surface area contributed by atoms with Gasteiger partial charge < -0.3 is 33.2 Å². The van der Waals surface area contributed by atoms with Crippen LogP contribution >= 0.6 is 0 Å². The second-order valence-corrected chi connectivity index (χ2v) is 6.00. The third-order valence-corrected chi connectivity index (χ3v) is 3.77. The third kappa shape index (κ3) is 6.73. The van der Waals surface area contributed by atoms with Crippen molar-refractivity contribution in [2.75, 3.05) is 20.8 Å². The first-order valence-electron chi connectivity index (χ1n) is 8.46. The highest BCUT2D eigenvalue weighted by atomic mass is 16.7. The first-order valence-corrected chi connectivity index (χ1v) is 8.46. The fourth-order valence-electron chi connectivity index (χ4n) is 2.83. The fourth-order valence-corrected chi connectivity index (χ4v) is 2.83. The lowest BCUT2D eigenvalue weighted by atomic mass is 9.94. The molecule has 0 radical (unpaired) electrons. The lowest BCUT2D eigenvalue weighted by Crippen LogP contribution is -2.64. The van der Waals surface area contributed by atoms with Gasteiger partial charge in [-0.3, -0.25) is 19.2 Å². The predicted octanol–water partition coefficient (Wildman–Crippen LogP) is -0.269. The summed E-state index contributed by atoms with van der Waals surface area (Å²) in [6, 6.07) is 0. The van der Waals surface area contributed by atoms with Crippen LogP contribution in [0.2, 0.25) is 0 Å². The molecule has 1 aliphatic heterocycles. The first-order chi connectivity index (χ1) is 13.1. The van der Waals surface area contributed by atoms with Gasteiger partial charge in [0.15, 0.2) is 24.6 Å². The number of rotatable bonds is 8. The second-order valence-electron chi connectivity index (χ2n) is 6.00. The van der Waals surface area contributed by atoms with Crippen LogP contribution < -0.4 is 0 Å². The minimum absolute atomic E-state index is 0.377. The van der Waals surface area contributed by atoms with Crippen LogP contribution in [0.25, 0.3) is 0 Å². The first kappa shape index (κ1) is 23.8. The molecule has 0 aromatic rings. The zero-order valence-electron chi connectivity index (χ0n) is 16.7. The van der Waals surface area contributed by atoms with Gasteiger partial charge in [0, 0.05) is 41.9 Å². The Bertz CT molecular complexity index is 575. The number of ether oxygens (including phenoxy) is 7. The van der Waals surface area contributed by atoms with E-state index in [1.54, 1.807) is 0 Å². The molecule has 0 saturated carbocycles. The molecule has 0 bridgehead atoms. The predicted molar refractivity (Wildman–Crippen MR) is 89.8 cm³/mol. The van der Waals surface area contributed by atoms with E-state index in [2.05, 4.69) is 0 Å². The molecular weight excluding hydrogens is 380 g/mol. The summed E-state index contributed by atoms with van der Waals surface area (Å²) in [6.45, 7) is 4.28. The number of hydrogen-bond donors (Lipinski definition) is 0. The molecule has 0 aliphatic carbocycles. The van der Waals surface area contributed by atoms with Crippen molar-refractivity contribution in [3.63, 3.8) is 0 Å². The molecule has 0 aromatic carbocycles. The zero-order chi connectivity index (χ0) is 21.4. The Hall–Kier alpha value is -2.24. The van der Waals surface area contributed by atoms with E-state index in [9.17, 15) is 19.2 Å². The lowest BCUT2D eigenvalue weighted by molar-refractivity contribution is -0.314. The van der Waals surface area contributed by atoms with Crippen LogP contribution in [0, 0.1) is 0 Å². The summed E-state index contributed by atoms with van der Waals surface area (Å²) in [5.74, 6) is -2.67. The SMILES string of the molecule is COC1OC(C(COC(C)=O)OC(C)=O)C(OC(C)=O)C(OC(C)=O)C1OC. The highest BCUT2D eigenvalue weighted by Gasteiger charge is 2.54. The maximum atomic E-state index is 11.7. The van der Waals surface area contributed by atoms with E-state index >= 15 is 0 Å². The van der Waals surface area contributed by atoms with Gasteiger partial charge in [-0.2, -0.15) is 0 Å². The number of carbonyl (C=O) groups is 4. The molecule has 1 fully saturated rings. The summed E-state index contributed by atoms with van der Waals surface area (Å²) >= 11 is 0. The van der Waals surface area contributed by atoms with Crippen molar-refractivity contribution in [3.8, 4) is 0 Å². The molecule has 6 unspecified atom stereocenters. The van der Waals surface area contributed by atoms with Crippen molar-refractivity contribution >= 4 is 23.9 Å². The summed E-state index contributed by atoms with van der Waals surface area (Å²) in [4.78, 5) is 46.0. The Morgan fingerprint density at radius 1 is 0.786 bits per heavy atom. The fraction of sp³-hybridized carbons (Fsp3) is 0.765. The van der Waals surface area contributed by atoms with Gasteiger partial charge in [0.2, 0.25) is 0 Å². The zero-order valence-corrected chi connectivity index (χ0v) is 16.7. The van der Waals surface area contributed by atoms with Crippen molar-refractivity contribution < 1.29 is 52.3 Å². The Labute approximate surface area is 162 Å². The largest absolute Gasteiger partial charge is 0.462 e.